The molecule has 1 atom stereocenters. The Kier molecular flexibility index (Phi) is 11.0. The van der Waals surface area contributed by atoms with Crippen LogP contribution in [0.25, 0.3) is 0 Å². The first kappa shape index (κ1) is 20.3. The van der Waals surface area contributed by atoms with Crippen molar-refractivity contribution in [2.75, 3.05) is 47.1 Å². The largest absolute Gasteiger partial charge is 0.469 e. The second-order valence-electron chi connectivity index (χ2n) is 4.48. The number of hydrogen-bond acceptors (Lipinski definition) is 7. The van der Waals surface area contributed by atoms with Crippen LogP contribution in [0.15, 0.2) is 0 Å². The van der Waals surface area contributed by atoms with E-state index in [0.717, 1.165) is 0 Å². The number of carbonyl (C=O) groups excluding carboxylic acids is 3. The fraction of sp³-hybridized carbons (Fsp3) is 0.786. The molecule has 0 aromatic rings. The number of hydrogen-bond donors (Lipinski definition) is 0. The van der Waals surface area contributed by atoms with Gasteiger partial charge in [0.2, 0.25) is 5.91 Å². The van der Waals surface area contributed by atoms with Gasteiger partial charge >= 0.3 is 11.9 Å². The molecule has 0 rings (SSSR count). The summed E-state index contributed by atoms with van der Waals surface area (Å²) in [5.41, 5.74) is 0. The van der Waals surface area contributed by atoms with E-state index < -0.39 is 12.1 Å². The summed E-state index contributed by atoms with van der Waals surface area (Å²) < 4.78 is 19.6. The van der Waals surface area contributed by atoms with Gasteiger partial charge in [-0.25, -0.2) is 4.79 Å². The van der Waals surface area contributed by atoms with Crippen LogP contribution >= 0.6 is 0 Å². The van der Waals surface area contributed by atoms with Crippen LogP contribution in [0.4, 0.5) is 0 Å². The summed E-state index contributed by atoms with van der Waals surface area (Å²) in [6.45, 7) is 4.55. The van der Waals surface area contributed by atoms with Crippen LogP contribution in [0.3, 0.4) is 0 Å². The highest BCUT2D eigenvalue weighted by molar-refractivity contribution is 5.75. The smallest absolute Gasteiger partial charge is 0.334 e. The van der Waals surface area contributed by atoms with Crippen molar-refractivity contribution >= 4 is 17.8 Å². The molecule has 0 heterocycles. The molecule has 8 heteroatoms. The van der Waals surface area contributed by atoms with Crippen molar-refractivity contribution in [2.45, 2.75) is 26.4 Å². The predicted octanol–water partition coefficient (Wildman–Crippen LogP) is -0.00730. The van der Waals surface area contributed by atoms with Gasteiger partial charge in [0.1, 0.15) is 0 Å². The summed E-state index contributed by atoms with van der Waals surface area (Å²) in [4.78, 5) is 35.0. The quantitative estimate of drug-likeness (QED) is 0.391. The van der Waals surface area contributed by atoms with Gasteiger partial charge in [-0.15, -0.1) is 0 Å². The lowest BCUT2D eigenvalue weighted by Gasteiger charge is -2.20. The Morgan fingerprint density at radius 1 is 1.00 bits per heavy atom. The molecule has 0 radical (unpaired) electrons. The maximum atomic E-state index is 11.4. The van der Waals surface area contributed by atoms with E-state index in [-0.39, 0.29) is 24.9 Å². The van der Waals surface area contributed by atoms with Crippen molar-refractivity contribution in [3.63, 3.8) is 0 Å². The Morgan fingerprint density at radius 2 is 1.68 bits per heavy atom. The van der Waals surface area contributed by atoms with Crippen molar-refractivity contribution in [1.29, 1.82) is 0 Å². The first-order valence-corrected chi connectivity index (χ1v) is 7.01. The average Bonchev–Trinajstić information content (AvgIpc) is 2.51. The lowest BCUT2D eigenvalue weighted by Crippen LogP contribution is -2.34. The number of ether oxygens (including phenoxy) is 4. The lowest BCUT2D eigenvalue weighted by molar-refractivity contribution is -0.154. The van der Waals surface area contributed by atoms with Gasteiger partial charge in [-0.1, -0.05) is 0 Å². The van der Waals surface area contributed by atoms with Gasteiger partial charge in [0, 0.05) is 20.0 Å². The van der Waals surface area contributed by atoms with Crippen molar-refractivity contribution in [2.24, 2.45) is 0 Å². The molecule has 0 saturated heterocycles. The van der Waals surface area contributed by atoms with Gasteiger partial charge in [-0.2, -0.15) is 0 Å². The lowest BCUT2D eigenvalue weighted by atomic mass is 10.3. The molecule has 0 bridgehead atoms. The highest BCUT2D eigenvalue weighted by Gasteiger charge is 2.13. The minimum Gasteiger partial charge on any atom is -0.469 e. The summed E-state index contributed by atoms with van der Waals surface area (Å²) >= 11 is 0. The third kappa shape index (κ3) is 9.30. The maximum Gasteiger partial charge on any atom is 0.334 e. The Bertz CT molecular complexity index is 359. The van der Waals surface area contributed by atoms with Crippen molar-refractivity contribution < 1.29 is 33.3 Å². The van der Waals surface area contributed by atoms with Gasteiger partial charge in [0.15, 0.2) is 6.10 Å². The molecule has 0 N–H and O–H groups in total. The molecule has 128 valence electrons. The third-order valence-electron chi connectivity index (χ3n) is 2.89. The molecule has 0 saturated carbocycles. The molecule has 0 aliphatic carbocycles. The molecule has 0 aromatic carbocycles. The summed E-state index contributed by atoms with van der Waals surface area (Å²) in [6, 6.07) is 0. The monoisotopic (exact) mass is 319 g/mol. The molecule has 8 nitrogen and oxygen atoms in total. The van der Waals surface area contributed by atoms with Crippen molar-refractivity contribution in [1.82, 2.24) is 4.90 Å². The van der Waals surface area contributed by atoms with Crippen LogP contribution in [0, 0.1) is 0 Å². The van der Waals surface area contributed by atoms with Crippen LogP contribution < -0.4 is 0 Å². The molecule has 0 fully saturated rings. The second-order valence-corrected chi connectivity index (χ2v) is 4.48. The fourth-order valence-corrected chi connectivity index (χ4v) is 1.55. The van der Waals surface area contributed by atoms with Gasteiger partial charge in [-0.3, -0.25) is 9.59 Å². The first-order valence-electron chi connectivity index (χ1n) is 7.01. The topological polar surface area (TPSA) is 91.4 Å². The number of amides is 1. The zero-order chi connectivity index (χ0) is 17.0. The van der Waals surface area contributed by atoms with E-state index in [2.05, 4.69) is 9.47 Å². The Hall–Kier alpha value is -1.67. The van der Waals surface area contributed by atoms with Crippen molar-refractivity contribution in [3.8, 4) is 0 Å². The number of rotatable bonds is 11. The van der Waals surface area contributed by atoms with Gasteiger partial charge in [0.05, 0.1) is 40.5 Å². The molecule has 0 spiro atoms. The highest BCUT2D eigenvalue weighted by Crippen LogP contribution is 1.96. The highest BCUT2D eigenvalue weighted by atomic mass is 16.6. The van der Waals surface area contributed by atoms with Crippen molar-refractivity contribution in [3.05, 3.63) is 0 Å². The summed E-state index contributed by atoms with van der Waals surface area (Å²) in [5.74, 6) is -0.939. The summed E-state index contributed by atoms with van der Waals surface area (Å²) in [6.07, 6.45) is -0.488. The zero-order valence-corrected chi connectivity index (χ0v) is 13.6. The van der Waals surface area contributed by atoms with Crippen LogP contribution in [0.1, 0.15) is 20.3 Å². The number of carbonyl (C=O) groups is 3. The zero-order valence-electron chi connectivity index (χ0n) is 13.6. The molecule has 1 unspecified atom stereocenters. The van der Waals surface area contributed by atoms with Gasteiger partial charge < -0.3 is 23.8 Å². The molecule has 0 aliphatic rings. The Labute approximate surface area is 130 Å². The number of nitrogens with zero attached hydrogens (tertiary/aromatic N) is 1. The first-order chi connectivity index (χ1) is 10.4. The second kappa shape index (κ2) is 11.9. The normalized spacial score (nSPS) is 11.6. The van der Waals surface area contributed by atoms with Crippen LogP contribution in [-0.4, -0.2) is 76.0 Å². The van der Waals surface area contributed by atoms with Crippen LogP contribution in [0.2, 0.25) is 0 Å². The molecule has 22 heavy (non-hydrogen) atoms. The van der Waals surface area contributed by atoms with E-state index >= 15 is 0 Å². The van der Waals surface area contributed by atoms with E-state index in [1.54, 1.807) is 6.92 Å². The van der Waals surface area contributed by atoms with Gasteiger partial charge in [0.25, 0.3) is 0 Å². The van der Waals surface area contributed by atoms with Gasteiger partial charge in [-0.05, 0) is 6.92 Å². The standard InChI is InChI=1S/C14H25NO7/c1-11(14(18)20-4)22-10-9-21-8-7-15(12(2)16)6-5-13(17)19-3/h11H,5-10H2,1-4H3. The number of methoxy groups -OCH3 is 2. The average molecular weight is 319 g/mol. The summed E-state index contributed by atoms with van der Waals surface area (Å²) in [7, 11) is 2.60. The predicted molar refractivity (Wildman–Crippen MR) is 77.1 cm³/mol. The minimum absolute atomic E-state index is 0.136. The Balaban J connectivity index is 3.79. The molecule has 0 aromatic heterocycles. The van der Waals surface area contributed by atoms with Crippen LogP contribution in [0.5, 0.6) is 0 Å². The molecule has 1 amide bonds. The molecule has 0 aliphatic heterocycles. The van der Waals surface area contributed by atoms with E-state index in [4.69, 9.17) is 9.47 Å². The number of esters is 2. The minimum atomic E-state index is -0.637. The molecular weight excluding hydrogens is 294 g/mol. The van der Waals surface area contributed by atoms with E-state index in [1.165, 1.54) is 26.0 Å². The Morgan fingerprint density at radius 3 is 2.23 bits per heavy atom. The fourth-order valence-electron chi connectivity index (χ4n) is 1.55. The molecular formula is C14H25NO7. The third-order valence-corrected chi connectivity index (χ3v) is 2.89. The van der Waals surface area contributed by atoms with E-state index in [0.29, 0.717) is 26.3 Å². The summed E-state index contributed by atoms with van der Waals surface area (Å²) in [5, 5.41) is 0. The SMILES string of the molecule is COC(=O)CCN(CCOCCOC(C)C(=O)OC)C(C)=O. The maximum absolute atomic E-state index is 11.4. The van der Waals surface area contributed by atoms with Crippen LogP contribution in [-0.2, 0) is 33.3 Å². The van der Waals surface area contributed by atoms with E-state index in [1.807, 2.05) is 0 Å². The van der Waals surface area contributed by atoms with E-state index in [9.17, 15) is 14.4 Å².